The van der Waals surface area contributed by atoms with Crippen LogP contribution < -0.4 is 5.73 Å². The molecule has 0 saturated carbocycles. The number of nitrogens with one attached hydrogen (secondary N) is 1. The van der Waals surface area contributed by atoms with Crippen molar-refractivity contribution in [2.45, 2.75) is 19.4 Å². The number of nitrogens with zero attached hydrogens (tertiary/aromatic N) is 2. The molecule has 0 bridgehead atoms. The van der Waals surface area contributed by atoms with Gasteiger partial charge in [0.05, 0.1) is 17.3 Å². The van der Waals surface area contributed by atoms with Gasteiger partial charge in [-0.2, -0.15) is 0 Å². The van der Waals surface area contributed by atoms with E-state index in [2.05, 4.69) is 15.0 Å². The molecule has 0 fully saturated rings. The van der Waals surface area contributed by atoms with Crippen LogP contribution in [-0.2, 0) is 9.84 Å². The van der Waals surface area contributed by atoms with Crippen LogP contribution >= 0.6 is 0 Å². The van der Waals surface area contributed by atoms with Gasteiger partial charge in [-0.1, -0.05) is 0 Å². The highest BCUT2D eigenvalue weighted by Gasteiger charge is 2.15. The molecule has 6 nitrogen and oxygen atoms in total. The lowest BCUT2D eigenvalue weighted by Crippen LogP contribution is -2.16. The second-order valence-corrected chi connectivity index (χ2v) is 6.73. The van der Waals surface area contributed by atoms with Gasteiger partial charge in [-0.3, -0.25) is 0 Å². The zero-order valence-corrected chi connectivity index (χ0v) is 11.2. The standard InChI is InChI=1S/C11H16N4O2S/c1-7-3-5-13-11-9(7)14-10(15-11)8(12)4-6-18(2,16)17/h3,5,8H,4,6,12H2,1-2H3,(H,13,14,15). The summed E-state index contributed by atoms with van der Waals surface area (Å²) in [5.41, 5.74) is 8.43. The smallest absolute Gasteiger partial charge is 0.178 e. The Labute approximate surface area is 106 Å². The molecule has 0 aliphatic carbocycles. The molecule has 0 aliphatic heterocycles. The molecule has 2 heterocycles. The highest BCUT2D eigenvalue weighted by Crippen LogP contribution is 2.18. The maximum Gasteiger partial charge on any atom is 0.178 e. The molecule has 0 radical (unpaired) electrons. The van der Waals surface area contributed by atoms with Crippen LogP contribution in [0, 0.1) is 6.92 Å². The molecule has 0 amide bonds. The minimum Gasteiger partial charge on any atom is -0.339 e. The van der Waals surface area contributed by atoms with Gasteiger partial charge in [0, 0.05) is 12.5 Å². The van der Waals surface area contributed by atoms with Gasteiger partial charge < -0.3 is 10.7 Å². The van der Waals surface area contributed by atoms with Crippen molar-refractivity contribution in [3.8, 4) is 0 Å². The monoisotopic (exact) mass is 268 g/mol. The molecular weight excluding hydrogens is 252 g/mol. The molecule has 2 rings (SSSR count). The van der Waals surface area contributed by atoms with Crippen LogP contribution in [0.15, 0.2) is 12.3 Å². The molecule has 2 aromatic heterocycles. The van der Waals surface area contributed by atoms with E-state index in [1.54, 1.807) is 6.20 Å². The Bertz CT molecular complexity index is 663. The molecule has 0 spiro atoms. The highest BCUT2D eigenvalue weighted by atomic mass is 32.2. The van der Waals surface area contributed by atoms with Crippen molar-refractivity contribution in [1.29, 1.82) is 0 Å². The number of rotatable bonds is 4. The number of aromatic nitrogens is 3. The van der Waals surface area contributed by atoms with Gasteiger partial charge in [-0.15, -0.1) is 0 Å². The first-order chi connectivity index (χ1) is 8.37. The summed E-state index contributed by atoms with van der Waals surface area (Å²) in [6, 6.07) is 1.46. The first-order valence-electron chi connectivity index (χ1n) is 5.61. The number of sulfone groups is 1. The van der Waals surface area contributed by atoms with E-state index in [4.69, 9.17) is 5.73 Å². The van der Waals surface area contributed by atoms with E-state index < -0.39 is 15.9 Å². The second kappa shape index (κ2) is 4.66. The van der Waals surface area contributed by atoms with E-state index in [0.29, 0.717) is 17.9 Å². The molecular formula is C11H16N4O2S. The van der Waals surface area contributed by atoms with Crippen LogP contribution in [-0.4, -0.2) is 35.4 Å². The molecule has 0 aromatic carbocycles. The van der Waals surface area contributed by atoms with Gasteiger partial charge in [0.1, 0.15) is 15.7 Å². The van der Waals surface area contributed by atoms with Gasteiger partial charge in [0.25, 0.3) is 0 Å². The van der Waals surface area contributed by atoms with E-state index in [1.165, 1.54) is 6.26 Å². The number of aryl methyl sites for hydroxylation is 1. The average Bonchev–Trinajstić information content (AvgIpc) is 2.70. The quantitative estimate of drug-likeness (QED) is 0.850. The SMILES string of the molecule is Cc1ccnc2nc(C(N)CCS(C)(=O)=O)[nH]c12. The van der Waals surface area contributed by atoms with Crippen LogP contribution in [0.2, 0.25) is 0 Å². The predicted molar refractivity (Wildman–Crippen MR) is 69.9 cm³/mol. The number of hydrogen-bond acceptors (Lipinski definition) is 5. The fourth-order valence-corrected chi connectivity index (χ4v) is 2.39. The topological polar surface area (TPSA) is 102 Å². The van der Waals surface area contributed by atoms with Gasteiger partial charge >= 0.3 is 0 Å². The third-order valence-electron chi connectivity index (χ3n) is 2.77. The van der Waals surface area contributed by atoms with Gasteiger partial charge in [-0.05, 0) is 25.0 Å². The Kier molecular flexibility index (Phi) is 3.36. The van der Waals surface area contributed by atoms with Crippen LogP contribution in [0.3, 0.4) is 0 Å². The Morgan fingerprint density at radius 3 is 2.83 bits per heavy atom. The fourth-order valence-electron chi connectivity index (χ4n) is 1.71. The Morgan fingerprint density at radius 1 is 1.50 bits per heavy atom. The number of fused-ring (bicyclic) bond motifs is 1. The van der Waals surface area contributed by atoms with Crippen molar-refractivity contribution < 1.29 is 8.42 Å². The summed E-state index contributed by atoms with van der Waals surface area (Å²) in [6.07, 6.45) is 3.23. The number of imidazole rings is 1. The lowest BCUT2D eigenvalue weighted by molar-refractivity contribution is 0.588. The molecule has 0 saturated heterocycles. The van der Waals surface area contributed by atoms with Crippen molar-refractivity contribution in [1.82, 2.24) is 15.0 Å². The molecule has 98 valence electrons. The summed E-state index contributed by atoms with van der Waals surface area (Å²) < 4.78 is 22.2. The zero-order chi connectivity index (χ0) is 13.3. The maximum absolute atomic E-state index is 11.1. The summed E-state index contributed by atoms with van der Waals surface area (Å²) in [4.78, 5) is 11.5. The van der Waals surface area contributed by atoms with Crippen molar-refractivity contribution >= 4 is 21.0 Å². The normalized spacial score (nSPS) is 13.9. The van der Waals surface area contributed by atoms with E-state index >= 15 is 0 Å². The molecule has 18 heavy (non-hydrogen) atoms. The predicted octanol–water partition coefficient (Wildman–Crippen LogP) is 0.701. The lowest BCUT2D eigenvalue weighted by atomic mass is 10.2. The Balaban J connectivity index is 2.23. The second-order valence-electron chi connectivity index (χ2n) is 4.47. The Hall–Kier alpha value is -1.47. The highest BCUT2D eigenvalue weighted by molar-refractivity contribution is 7.90. The van der Waals surface area contributed by atoms with E-state index in [1.807, 2.05) is 13.0 Å². The van der Waals surface area contributed by atoms with Gasteiger partial charge in [0.2, 0.25) is 0 Å². The molecule has 3 N–H and O–H groups in total. The summed E-state index contributed by atoms with van der Waals surface area (Å²) in [5.74, 6) is 0.632. The summed E-state index contributed by atoms with van der Waals surface area (Å²) >= 11 is 0. The van der Waals surface area contributed by atoms with Gasteiger partial charge in [0.15, 0.2) is 5.65 Å². The summed E-state index contributed by atoms with van der Waals surface area (Å²) in [6.45, 7) is 1.95. The minimum absolute atomic E-state index is 0.0532. The molecule has 7 heteroatoms. The van der Waals surface area contributed by atoms with Crippen molar-refractivity contribution in [2.75, 3.05) is 12.0 Å². The summed E-state index contributed by atoms with van der Waals surface area (Å²) in [7, 11) is -3.00. The molecule has 2 aromatic rings. The van der Waals surface area contributed by atoms with Crippen LogP contribution in [0.25, 0.3) is 11.2 Å². The summed E-state index contributed by atoms with van der Waals surface area (Å²) in [5, 5.41) is 0. The lowest BCUT2D eigenvalue weighted by Gasteiger charge is -2.06. The van der Waals surface area contributed by atoms with Crippen molar-refractivity contribution in [3.05, 3.63) is 23.7 Å². The minimum atomic E-state index is -3.00. The number of pyridine rings is 1. The first-order valence-corrected chi connectivity index (χ1v) is 7.67. The van der Waals surface area contributed by atoms with E-state index in [9.17, 15) is 8.42 Å². The zero-order valence-electron chi connectivity index (χ0n) is 10.3. The number of hydrogen-bond donors (Lipinski definition) is 2. The van der Waals surface area contributed by atoms with E-state index in [0.717, 1.165) is 11.1 Å². The average molecular weight is 268 g/mol. The fraction of sp³-hybridized carbons (Fsp3) is 0.455. The molecule has 1 atom stereocenters. The number of aromatic amines is 1. The van der Waals surface area contributed by atoms with E-state index in [-0.39, 0.29) is 5.75 Å². The van der Waals surface area contributed by atoms with Gasteiger partial charge in [-0.25, -0.2) is 18.4 Å². The number of H-pyrrole nitrogens is 1. The Morgan fingerprint density at radius 2 is 2.22 bits per heavy atom. The first kappa shape index (κ1) is 13.0. The van der Waals surface area contributed by atoms with Crippen molar-refractivity contribution in [3.63, 3.8) is 0 Å². The van der Waals surface area contributed by atoms with Crippen molar-refractivity contribution in [2.24, 2.45) is 5.73 Å². The van der Waals surface area contributed by atoms with Crippen LogP contribution in [0.4, 0.5) is 0 Å². The number of nitrogens with two attached hydrogens (primary N) is 1. The largest absolute Gasteiger partial charge is 0.339 e. The molecule has 1 unspecified atom stereocenters. The molecule has 0 aliphatic rings. The third kappa shape index (κ3) is 2.85. The third-order valence-corrected chi connectivity index (χ3v) is 3.75. The van der Waals surface area contributed by atoms with Crippen LogP contribution in [0.5, 0.6) is 0 Å². The van der Waals surface area contributed by atoms with Crippen LogP contribution in [0.1, 0.15) is 23.9 Å². The maximum atomic E-state index is 11.1.